The van der Waals surface area contributed by atoms with Crippen molar-refractivity contribution in [1.82, 2.24) is 10.6 Å². The molecule has 0 radical (unpaired) electrons. The van der Waals surface area contributed by atoms with Crippen molar-refractivity contribution in [3.8, 4) is 0 Å². The summed E-state index contributed by atoms with van der Waals surface area (Å²) in [5, 5.41) is 7.17. The van der Waals surface area contributed by atoms with E-state index in [1.165, 1.54) is 25.2 Å². The van der Waals surface area contributed by atoms with Crippen molar-refractivity contribution in [1.29, 1.82) is 0 Å². The third kappa shape index (κ3) is 6.54. The van der Waals surface area contributed by atoms with Gasteiger partial charge in [0, 0.05) is 17.6 Å². The molecule has 3 amide bonds. The molecule has 0 spiro atoms. The Morgan fingerprint density at radius 3 is 2.39 bits per heavy atom. The number of carbonyl (C=O) groups is 3. The molecule has 0 bridgehead atoms. The molecule has 148 valence electrons. The van der Waals surface area contributed by atoms with Gasteiger partial charge in [-0.25, -0.2) is 9.59 Å². The minimum Gasteiger partial charge on any atom is -0.452 e. The minimum absolute atomic E-state index is 0.168. The second kappa shape index (κ2) is 10.3. The van der Waals surface area contributed by atoms with Gasteiger partial charge in [0.15, 0.2) is 6.61 Å². The highest BCUT2D eigenvalue weighted by Crippen LogP contribution is 2.28. The number of esters is 1. The summed E-state index contributed by atoms with van der Waals surface area (Å²) in [6.07, 6.45) is 0. The van der Waals surface area contributed by atoms with Crippen molar-refractivity contribution >= 4 is 41.0 Å². The van der Waals surface area contributed by atoms with E-state index >= 15 is 0 Å². The molecular weight excluding hydrogens is 392 g/mol. The number of anilines is 2. The van der Waals surface area contributed by atoms with Gasteiger partial charge in [-0.1, -0.05) is 23.9 Å². The van der Waals surface area contributed by atoms with E-state index in [1.807, 2.05) is 5.32 Å². The Hall–Kier alpha value is -3.14. The molecule has 2 aromatic rings. The van der Waals surface area contributed by atoms with Crippen LogP contribution in [0.1, 0.15) is 10.4 Å². The number of imide groups is 1. The van der Waals surface area contributed by atoms with Crippen LogP contribution < -0.4 is 16.0 Å². The number of nitrogens with one attached hydrogen (secondary N) is 3. The Morgan fingerprint density at radius 2 is 1.75 bits per heavy atom. The van der Waals surface area contributed by atoms with Crippen LogP contribution in [0.25, 0.3) is 0 Å². The lowest BCUT2D eigenvalue weighted by Gasteiger charge is -2.12. The van der Waals surface area contributed by atoms with Gasteiger partial charge in [0.25, 0.3) is 11.7 Å². The van der Waals surface area contributed by atoms with E-state index in [0.717, 1.165) is 0 Å². The molecule has 28 heavy (non-hydrogen) atoms. The predicted octanol–water partition coefficient (Wildman–Crippen LogP) is 3.36. The Bertz CT molecular complexity index is 847. The van der Waals surface area contributed by atoms with Crippen LogP contribution in [0.4, 0.5) is 25.0 Å². The smallest absolute Gasteiger partial charge is 0.340 e. The lowest BCUT2D eigenvalue weighted by Crippen LogP contribution is -2.39. The number of hydrogen-bond acceptors (Lipinski definition) is 6. The summed E-state index contributed by atoms with van der Waals surface area (Å²) >= 11 is 0.435. The summed E-state index contributed by atoms with van der Waals surface area (Å²) in [5.41, 5.74) is 1.16. The van der Waals surface area contributed by atoms with Crippen molar-refractivity contribution in [2.45, 2.75) is 10.7 Å². The van der Waals surface area contributed by atoms with E-state index in [4.69, 9.17) is 4.74 Å². The van der Waals surface area contributed by atoms with Crippen LogP contribution in [-0.2, 0) is 9.53 Å². The monoisotopic (exact) mass is 409 g/mol. The standard InChI is InChI=1S/C18H17F2N3O4S/c1-21-18(26)23-15(24)10-27-16(25)13-4-2-3-5-14(13)22-11-6-8-12(9-7-11)28-17(19)20/h2-9,17,22H,10H2,1H3,(H2,21,23,24,26). The van der Waals surface area contributed by atoms with E-state index in [2.05, 4.69) is 10.6 Å². The number of para-hydroxylation sites is 1. The van der Waals surface area contributed by atoms with Crippen molar-refractivity contribution in [3.05, 3.63) is 54.1 Å². The quantitative estimate of drug-likeness (QED) is 0.479. The second-order valence-corrected chi connectivity index (χ2v) is 6.34. The highest BCUT2D eigenvalue weighted by molar-refractivity contribution is 7.99. The molecule has 0 aliphatic carbocycles. The highest BCUT2D eigenvalue weighted by Gasteiger charge is 2.15. The van der Waals surface area contributed by atoms with E-state index < -0.39 is 30.3 Å². The molecule has 2 aromatic carbocycles. The first kappa shape index (κ1) is 21.2. The molecule has 2 rings (SSSR count). The molecule has 10 heteroatoms. The summed E-state index contributed by atoms with van der Waals surface area (Å²) in [6, 6.07) is 12.0. The minimum atomic E-state index is -2.50. The third-order valence-corrected chi connectivity index (χ3v) is 4.04. The Kier molecular flexibility index (Phi) is 7.76. The fourth-order valence-electron chi connectivity index (χ4n) is 2.08. The normalized spacial score (nSPS) is 10.3. The zero-order chi connectivity index (χ0) is 20.5. The van der Waals surface area contributed by atoms with Gasteiger partial charge in [0.05, 0.1) is 11.3 Å². The van der Waals surface area contributed by atoms with Crippen LogP contribution >= 0.6 is 11.8 Å². The van der Waals surface area contributed by atoms with Crippen molar-refractivity contribution in [2.75, 3.05) is 19.0 Å². The largest absolute Gasteiger partial charge is 0.452 e. The topological polar surface area (TPSA) is 96.5 Å². The van der Waals surface area contributed by atoms with Gasteiger partial charge < -0.3 is 15.4 Å². The van der Waals surface area contributed by atoms with Crippen molar-refractivity contribution in [2.24, 2.45) is 0 Å². The molecule has 0 saturated carbocycles. The number of rotatable bonds is 7. The fourth-order valence-corrected chi connectivity index (χ4v) is 2.58. The Labute approximate surface area is 163 Å². The van der Waals surface area contributed by atoms with Gasteiger partial charge in [-0.3, -0.25) is 10.1 Å². The molecule has 0 saturated heterocycles. The summed E-state index contributed by atoms with van der Waals surface area (Å²) < 4.78 is 29.7. The Balaban J connectivity index is 2.02. The van der Waals surface area contributed by atoms with E-state index in [-0.39, 0.29) is 5.56 Å². The first-order valence-electron chi connectivity index (χ1n) is 7.98. The lowest BCUT2D eigenvalue weighted by molar-refractivity contribution is -0.123. The predicted molar refractivity (Wildman–Crippen MR) is 101 cm³/mol. The molecule has 0 atom stereocenters. The van der Waals surface area contributed by atoms with E-state index in [0.29, 0.717) is 28.0 Å². The molecule has 0 aliphatic rings. The maximum absolute atomic E-state index is 12.4. The van der Waals surface area contributed by atoms with Gasteiger partial charge in [-0.05, 0) is 36.4 Å². The number of thioether (sulfide) groups is 1. The summed E-state index contributed by atoms with van der Waals surface area (Å²) in [7, 11) is 1.34. The van der Waals surface area contributed by atoms with Gasteiger partial charge in [0.2, 0.25) is 0 Å². The summed E-state index contributed by atoms with van der Waals surface area (Å²) in [5.74, 6) is -4.04. The number of carbonyl (C=O) groups excluding carboxylic acids is 3. The average Bonchev–Trinajstić information content (AvgIpc) is 2.67. The molecular formula is C18H17F2N3O4S. The van der Waals surface area contributed by atoms with Crippen LogP contribution in [-0.4, -0.2) is 37.3 Å². The molecule has 0 unspecified atom stereocenters. The number of urea groups is 1. The van der Waals surface area contributed by atoms with Gasteiger partial charge in [-0.15, -0.1) is 0 Å². The number of amides is 3. The van der Waals surface area contributed by atoms with Gasteiger partial charge in [0.1, 0.15) is 0 Å². The van der Waals surface area contributed by atoms with Crippen molar-refractivity contribution < 1.29 is 27.9 Å². The number of hydrogen-bond donors (Lipinski definition) is 3. The average molecular weight is 409 g/mol. The Morgan fingerprint density at radius 1 is 1.07 bits per heavy atom. The van der Waals surface area contributed by atoms with Crippen LogP contribution in [0.5, 0.6) is 0 Å². The van der Waals surface area contributed by atoms with Gasteiger partial charge >= 0.3 is 12.0 Å². The molecule has 0 fully saturated rings. The van der Waals surface area contributed by atoms with Crippen LogP contribution in [0, 0.1) is 0 Å². The first-order chi connectivity index (χ1) is 13.4. The van der Waals surface area contributed by atoms with Crippen LogP contribution in [0.3, 0.4) is 0 Å². The van der Waals surface area contributed by atoms with E-state index in [9.17, 15) is 23.2 Å². The first-order valence-corrected chi connectivity index (χ1v) is 8.86. The molecule has 3 N–H and O–H groups in total. The number of alkyl halides is 2. The zero-order valence-corrected chi connectivity index (χ0v) is 15.5. The summed E-state index contributed by atoms with van der Waals surface area (Å²) in [4.78, 5) is 35.2. The van der Waals surface area contributed by atoms with Crippen LogP contribution in [0.15, 0.2) is 53.4 Å². The summed E-state index contributed by atoms with van der Waals surface area (Å²) in [6.45, 7) is -0.625. The number of benzene rings is 2. The van der Waals surface area contributed by atoms with E-state index in [1.54, 1.807) is 30.3 Å². The molecule has 0 aromatic heterocycles. The second-order valence-electron chi connectivity index (χ2n) is 5.28. The molecule has 0 aliphatic heterocycles. The lowest BCUT2D eigenvalue weighted by atomic mass is 10.1. The molecule has 7 nitrogen and oxygen atoms in total. The zero-order valence-electron chi connectivity index (χ0n) is 14.7. The third-order valence-electron chi connectivity index (χ3n) is 3.32. The maximum Gasteiger partial charge on any atom is 0.340 e. The highest BCUT2D eigenvalue weighted by atomic mass is 32.2. The number of ether oxygens (including phenoxy) is 1. The van der Waals surface area contributed by atoms with Crippen LogP contribution in [0.2, 0.25) is 0 Å². The fraction of sp³-hybridized carbons (Fsp3) is 0.167. The SMILES string of the molecule is CNC(=O)NC(=O)COC(=O)c1ccccc1Nc1ccc(SC(F)F)cc1. The van der Waals surface area contributed by atoms with Crippen molar-refractivity contribution in [3.63, 3.8) is 0 Å². The number of halogens is 2. The maximum atomic E-state index is 12.4. The van der Waals surface area contributed by atoms with Gasteiger partial charge in [-0.2, -0.15) is 8.78 Å². The molecule has 0 heterocycles.